The Labute approximate surface area is 107 Å². The van der Waals surface area contributed by atoms with E-state index in [9.17, 15) is 4.79 Å². The fraction of sp³-hybridized carbons (Fsp3) is 0.538. The van der Waals surface area contributed by atoms with Gasteiger partial charge in [0.1, 0.15) is 5.82 Å². The maximum Gasteiger partial charge on any atom is 0.337 e. The molecule has 0 spiro atoms. The van der Waals surface area contributed by atoms with Crippen molar-refractivity contribution in [2.24, 2.45) is 0 Å². The van der Waals surface area contributed by atoms with E-state index in [1.807, 2.05) is 6.92 Å². The van der Waals surface area contributed by atoms with Crippen molar-refractivity contribution < 1.29 is 14.6 Å². The van der Waals surface area contributed by atoms with Gasteiger partial charge in [-0.3, -0.25) is 0 Å². The lowest BCUT2D eigenvalue weighted by molar-refractivity contribution is 0.0695. The molecule has 0 aliphatic rings. The number of anilines is 1. The highest BCUT2D eigenvalue weighted by atomic mass is 16.5. The molecule has 0 aliphatic carbocycles. The Bertz CT molecular complexity index is 421. The van der Waals surface area contributed by atoms with Crippen molar-refractivity contribution in [3.63, 3.8) is 0 Å². The van der Waals surface area contributed by atoms with E-state index in [-0.39, 0.29) is 11.6 Å². The summed E-state index contributed by atoms with van der Waals surface area (Å²) in [6.45, 7) is 7.20. The molecule has 5 nitrogen and oxygen atoms in total. The van der Waals surface area contributed by atoms with Gasteiger partial charge in [-0.25, -0.2) is 9.78 Å². The lowest BCUT2D eigenvalue weighted by Gasteiger charge is -2.29. The predicted molar refractivity (Wildman–Crippen MR) is 70.3 cm³/mol. The maximum absolute atomic E-state index is 10.9. The number of nitrogens with zero attached hydrogens (tertiary/aromatic N) is 2. The van der Waals surface area contributed by atoms with Crippen LogP contribution in [0.4, 0.5) is 5.82 Å². The second-order valence-electron chi connectivity index (χ2n) is 4.20. The third-order valence-electron chi connectivity index (χ3n) is 2.88. The molecule has 0 aromatic carbocycles. The largest absolute Gasteiger partial charge is 0.478 e. The normalized spacial score (nSPS) is 12.2. The second-order valence-corrected chi connectivity index (χ2v) is 4.20. The van der Waals surface area contributed by atoms with Crippen LogP contribution in [0, 0.1) is 6.92 Å². The Morgan fingerprint density at radius 3 is 2.67 bits per heavy atom. The molecule has 1 unspecified atom stereocenters. The first-order chi connectivity index (χ1) is 8.51. The van der Waals surface area contributed by atoms with Crippen LogP contribution in [0.1, 0.15) is 29.9 Å². The van der Waals surface area contributed by atoms with Gasteiger partial charge in [0.2, 0.25) is 0 Å². The van der Waals surface area contributed by atoms with E-state index in [0.29, 0.717) is 12.3 Å². The number of rotatable bonds is 6. The van der Waals surface area contributed by atoms with E-state index in [2.05, 4.69) is 16.8 Å². The number of likely N-dealkylation sites (N-methyl/N-ethyl adjacent to an activating group) is 1. The molecule has 1 rings (SSSR count). The van der Waals surface area contributed by atoms with Crippen LogP contribution in [0.2, 0.25) is 0 Å². The summed E-state index contributed by atoms with van der Waals surface area (Å²) in [5.41, 5.74) is 0.775. The Morgan fingerprint density at radius 2 is 2.22 bits per heavy atom. The lowest BCUT2D eigenvalue weighted by atomic mass is 10.2. The molecule has 1 aromatic rings. The van der Waals surface area contributed by atoms with Gasteiger partial charge in [0.25, 0.3) is 0 Å². The molecule has 1 heterocycles. The summed E-state index contributed by atoms with van der Waals surface area (Å²) < 4.78 is 5.14. The summed E-state index contributed by atoms with van der Waals surface area (Å²) in [5.74, 6) is -0.163. The van der Waals surface area contributed by atoms with Crippen LogP contribution in [0.5, 0.6) is 0 Å². The number of pyridine rings is 1. The summed E-state index contributed by atoms with van der Waals surface area (Å²) in [5, 5.41) is 8.97. The highest BCUT2D eigenvalue weighted by Gasteiger charge is 2.16. The van der Waals surface area contributed by atoms with Gasteiger partial charge in [0, 0.05) is 13.7 Å². The molecule has 0 amide bonds. The number of hydrogen-bond acceptors (Lipinski definition) is 4. The van der Waals surface area contributed by atoms with Gasteiger partial charge in [0.15, 0.2) is 0 Å². The van der Waals surface area contributed by atoms with Crippen molar-refractivity contribution in [1.29, 1.82) is 0 Å². The molecular weight excluding hydrogens is 232 g/mol. The van der Waals surface area contributed by atoms with Crippen molar-refractivity contribution in [3.8, 4) is 0 Å². The van der Waals surface area contributed by atoms with Crippen LogP contribution in [0.3, 0.4) is 0 Å². The lowest BCUT2D eigenvalue weighted by Crippen LogP contribution is -2.36. The van der Waals surface area contributed by atoms with E-state index in [0.717, 1.165) is 12.4 Å². The molecule has 0 saturated heterocycles. The van der Waals surface area contributed by atoms with Crippen LogP contribution in [0.25, 0.3) is 0 Å². The molecule has 0 bridgehead atoms. The second kappa shape index (κ2) is 6.35. The van der Waals surface area contributed by atoms with Gasteiger partial charge in [-0.1, -0.05) is 0 Å². The van der Waals surface area contributed by atoms with E-state index >= 15 is 0 Å². The SMILES string of the molecule is CCN(c1ccc(C(=O)O)c(C)n1)C(C)COC. The van der Waals surface area contributed by atoms with E-state index < -0.39 is 5.97 Å². The maximum atomic E-state index is 10.9. The zero-order valence-electron chi connectivity index (χ0n) is 11.3. The van der Waals surface area contributed by atoms with Gasteiger partial charge in [0.05, 0.1) is 23.9 Å². The highest BCUT2D eigenvalue weighted by molar-refractivity contribution is 5.89. The summed E-state index contributed by atoms with van der Waals surface area (Å²) in [6.07, 6.45) is 0. The molecule has 5 heteroatoms. The highest BCUT2D eigenvalue weighted by Crippen LogP contribution is 2.17. The van der Waals surface area contributed by atoms with Crippen LogP contribution < -0.4 is 4.90 Å². The van der Waals surface area contributed by atoms with Gasteiger partial charge < -0.3 is 14.7 Å². The van der Waals surface area contributed by atoms with Gasteiger partial charge in [-0.15, -0.1) is 0 Å². The van der Waals surface area contributed by atoms with Crippen molar-refractivity contribution in [2.45, 2.75) is 26.8 Å². The van der Waals surface area contributed by atoms with Crippen molar-refractivity contribution in [3.05, 3.63) is 23.4 Å². The van der Waals surface area contributed by atoms with Crippen molar-refractivity contribution >= 4 is 11.8 Å². The zero-order chi connectivity index (χ0) is 13.7. The third-order valence-corrected chi connectivity index (χ3v) is 2.88. The van der Waals surface area contributed by atoms with Crippen molar-refractivity contribution in [1.82, 2.24) is 4.98 Å². The van der Waals surface area contributed by atoms with E-state index in [1.54, 1.807) is 26.2 Å². The molecular formula is C13H20N2O3. The molecule has 0 fully saturated rings. The summed E-state index contributed by atoms with van der Waals surface area (Å²) in [7, 11) is 1.66. The number of carboxylic acid groups (broad SMARTS) is 1. The van der Waals surface area contributed by atoms with E-state index in [1.165, 1.54) is 0 Å². The van der Waals surface area contributed by atoms with Gasteiger partial charge in [-0.2, -0.15) is 0 Å². The molecule has 100 valence electrons. The molecule has 0 aliphatic heterocycles. The smallest absolute Gasteiger partial charge is 0.337 e. The topological polar surface area (TPSA) is 62.7 Å². The van der Waals surface area contributed by atoms with Gasteiger partial charge in [-0.05, 0) is 32.9 Å². The molecule has 0 saturated carbocycles. The number of aromatic carboxylic acids is 1. The van der Waals surface area contributed by atoms with Crippen LogP contribution in [0.15, 0.2) is 12.1 Å². The minimum Gasteiger partial charge on any atom is -0.478 e. The fourth-order valence-corrected chi connectivity index (χ4v) is 1.96. The fourth-order valence-electron chi connectivity index (χ4n) is 1.96. The first-order valence-corrected chi connectivity index (χ1v) is 5.97. The van der Waals surface area contributed by atoms with E-state index in [4.69, 9.17) is 9.84 Å². The Hall–Kier alpha value is -1.62. The number of hydrogen-bond donors (Lipinski definition) is 1. The third kappa shape index (κ3) is 3.20. The molecule has 1 aromatic heterocycles. The predicted octanol–water partition coefficient (Wildman–Crippen LogP) is 1.95. The zero-order valence-corrected chi connectivity index (χ0v) is 11.3. The minimum atomic E-state index is -0.945. The Morgan fingerprint density at radius 1 is 1.56 bits per heavy atom. The van der Waals surface area contributed by atoms with Crippen LogP contribution in [-0.4, -0.2) is 42.4 Å². The molecule has 1 atom stereocenters. The molecule has 0 radical (unpaired) electrons. The quantitative estimate of drug-likeness (QED) is 0.838. The Balaban J connectivity index is 3.01. The molecule has 1 N–H and O–H groups in total. The standard InChI is InChI=1S/C13H20N2O3/c1-5-15(9(2)8-18-4)12-7-6-11(13(16)17)10(3)14-12/h6-7,9H,5,8H2,1-4H3,(H,16,17). The number of aromatic nitrogens is 1. The van der Waals surface area contributed by atoms with Gasteiger partial charge >= 0.3 is 5.97 Å². The first-order valence-electron chi connectivity index (χ1n) is 5.97. The number of ether oxygens (including phenoxy) is 1. The minimum absolute atomic E-state index is 0.197. The summed E-state index contributed by atoms with van der Waals surface area (Å²) in [4.78, 5) is 17.4. The summed E-state index contributed by atoms with van der Waals surface area (Å²) in [6, 6.07) is 3.54. The number of methoxy groups -OCH3 is 1. The first kappa shape index (κ1) is 14.4. The summed E-state index contributed by atoms with van der Waals surface area (Å²) >= 11 is 0. The Kier molecular flexibility index (Phi) is 5.09. The van der Waals surface area contributed by atoms with Crippen LogP contribution >= 0.6 is 0 Å². The number of aryl methyl sites for hydroxylation is 1. The number of carbonyl (C=O) groups is 1. The number of carboxylic acids is 1. The monoisotopic (exact) mass is 252 g/mol. The molecule has 18 heavy (non-hydrogen) atoms. The average Bonchev–Trinajstić information content (AvgIpc) is 2.29. The average molecular weight is 252 g/mol. The van der Waals surface area contributed by atoms with Crippen molar-refractivity contribution in [2.75, 3.05) is 25.2 Å². The van der Waals surface area contributed by atoms with Crippen LogP contribution in [-0.2, 0) is 4.74 Å².